The monoisotopic (exact) mass is 591 g/mol. The second-order valence-corrected chi connectivity index (χ2v) is 10.2. The van der Waals surface area contributed by atoms with Gasteiger partial charge in [0.1, 0.15) is 0 Å². The highest BCUT2D eigenvalue weighted by molar-refractivity contribution is 5.98. The summed E-state index contributed by atoms with van der Waals surface area (Å²) < 4.78 is 80.7. The van der Waals surface area contributed by atoms with Gasteiger partial charge in [0.15, 0.2) is 6.04 Å². The first-order valence-electron chi connectivity index (χ1n) is 13.2. The number of amides is 1. The van der Waals surface area contributed by atoms with E-state index in [-0.39, 0.29) is 46.6 Å². The number of aryl methyl sites for hydroxylation is 1. The van der Waals surface area contributed by atoms with E-state index in [1.807, 2.05) is 0 Å². The van der Waals surface area contributed by atoms with Crippen molar-refractivity contribution in [2.45, 2.75) is 57.4 Å². The Bertz CT molecular complexity index is 1530. The molecule has 0 saturated carbocycles. The number of benzene rings is 2. The molecule has 1 aliphatic rings. The highest BCUT2D eigenvalue weighted by Crippen LogP contribution is 2.33. The molecule has 2 unspecified atom stereocenters. The lowest BCUT2D eigenvalue weighted by atomic mass is 9.97. The molecule has 0 aliphatic heterocycles. The van der Waals surface area contributed by atoms with Crippen molar-refractivity contribution in [3.05, 3.63) is 83.1 Å². The van der Waals surface area contributed by atoms with Crippen LogP contribution in [0, 0.1) is 5.92 Å². The lowest BCUT2D eigenvalue weighted by Gasteiger charge is -2.24. The fourth-order valence-corrected chi connectivity index (χ4v) is 4.65. The second-order valence-electron chi connectivity index (χ2n) is 10.2. The van der Waals surface area contributed by atoms with Crippen molar-refractivity contribution in [2.24, 2.45) is 5.92 Å². The maximum atomic E-state index is 13.8. The van der Waals surface area contributed by atoms with Crippen LogP contribution in [0.5, 0.6) is 0 Å². The van der Waals surface area contributed by atoms with Gasteiger partial charge in [0.25, 0.3) is 5.91 Å². The average Bonchev–Trinajstić information content (AvgIpc) is 2.93. The van der Waals surface area contributed by atoms with Gasteiger partial charge in [-0.25, -0.2) is 9.97 Å². The molecule has 2 atom stereocenters. The number of hydrogen-bond acceptors (Lipinski definition) is 4. The van der Waals surface area contributed by atoms with E-state index in [9.17, 15) is 35.9 Å². The van der Waals surface area contributed by atoms with Crippen LogP contribution in [0.3, 0.4) is 0 Å². The van der Waals surface area contributed by atoms with E-state index in [1.54, 1.807) is 13.0 Å². The quantitative estimate of drug-likeness (QED) is 0.255. The van der Waals surface area contributed by atoms with E-state index < -0.39 is 35.8 Å². The van der Waals surface area contributed by atoms with Crippen LogP contribution in [-0.4, -0.2) is 39.2 Å². The summed E-state index contributed by atoms with van der Waals surface area (Å²) in [5, 5.41) is 11.1. The van der Waals surface area contributed by atoms with Crippen molar-refractivity contribution < 1.29 is 41.0 Å². The number of allylic oxidation sites excluding steroid dienone is 2. The van der Waals surface area contributed by atoms with Gasteiger partial charge in [0.05, 0.1) is 28.0 Å². The van der Waals surface area contributed by atoms with Crippen molar-refractivity contribution in [3.8, 4) is 11.3 Å². The van der Waals surface area contributed by atoms with Gasteiger partial charge in [-0.3, -0.25) is 9.59 Å². The van der Waals surface area contributed by atoms with Crippen LogP contribution in [-0.2, 0) is 17.4 Å². The Morgan fingerprint density at radius 3 is 2.29 bits per heavy atom. The van der Waals surface area contributed by atoms with Crippen LogP contribution in [0.25, 0.3) is 22.3 Å². The van der Waals surface area contributed by atoms with E-state index in [0.29, 0.717) is 30.5 Å². The van der Waals surface area contributed by atoms with E-state index in [0.717, 1.165) is 12.1 Å². The number of hydrogen-bond donors (Lipinski definition) is 2. The number of rotatable bonds is 9. The standard InChI is InChI=1S/C30H27F6N3O3/c1-17(15-25(40)41)7-13-23-26(18-8-11-21(12-9-18)29(31,32)33)38-22-14-10-20(16-24(22)37-23)28(42)39-27(30(34,35)36)19-5-3-2-4-6-19/h3,5-6,8-12,14,16-17,27H,2,4,7,13,15H2,1H3,(H,39,42)(H,40,41). The lowest BCUT2D eigenvalue weighted by Crippen LogP contribution is -2.46. The largest absolute Gasteiger partial charge is 0.481 e. The van der Waals surface area contributed by atoms with Gasteiger partial charge in [-0.05, 0) is 67.5 Å². The molecule has 2 aromatic carbocycles. The van der Waals surface area contributed by atoms with Crippen molar-refractivity contribution in [1.29, 1.82) is 0 Å². The third-order valence-electron chi connectivity index (χ3n) is 6.84. The number of aromatic nitrogens is 2. The topological polar surface area (TPSA) is 92.2 Å². The molecule has 0 fully saturated rings. The number of carbonyl (C=O) groups excluding carboxylic acids is 1. The first-order valence-corrected chi connectivity index (χ1v) is 13.2. The van der Waals surface area contributed by atoms with E-state index in [1.165, 1.54) is 42.5 Å². The molecule has 1 aromatic heterocycles. The predicted octanol–water partition coefficient (Wildman–Crippen LogP) is 7.30. The predicted molar refractivity (Wildman–Crippen MR) is 143 cm³/mol. The maximum Gasteiger partial charge on any atom is 0.416 e. The summed E-state index contributed by atoms with van der Waals surface area (Å²) >= 11 is 0. The van der Waals surface area contributed by atoms with Crippen LogP contribution in [0.4, 0.5) is 26.3 Å². The Balaban J connectivity index is 1.69. The van der Waals surface area contributed by atoms with Crippen LogP contribution in [0.15, 0.2) is 66.3 Å². The number of nitrogens with zero attached hydrogens (tertiary/aromatic N) is 2. The summed E-state index contributed by atoms with van der Waals surface area (Å²) in [7, 11) is 0. The summed E-state index contributed by atoms with van der Waals surface area (Å²) in [5.41, 5.74) is 0.465. The van der Waals surface area contributed by atoms with E-state index in [2.05, 4.69) is 15.3 Å². The molecule has 12 heteroatoms. The molecule has 4 rings (SSSR count). The molecule has 6 nitrogen and oxygen atoms in total. The molecule has 1 aliphatic carbocycles. The molecule has 1 heterocycles. The summed E-state index contributed by atoms with van der Waals surface area (Å²) in [6, 6.07) is 6.17. The van der Waals surface area contributed by atoms with Gasteiger partial charge in [-0.1, -0.05) is 37.3 Å². The minimum atomic E-state index is -4.73. The van der Waals surface area contributed by atoms with Gasteiger partial charge in [-0.15, -0.1) is 0 Å². The lowest BCUT2D eigenvalue weighted by molar-refractivity contribution is -0.144. The molecule has 0 radical (unpaired) electrons. The Labute approximate surface area is 237 Å². The number of fused-ring (bicyclic) bond motifs is 1. The summed E-state index contributed by atoms with van der Waals surface area (Å²) in [5.74, 6) is -2.20. The van der Waals surface area contributed by atoms with Gasteiger partial charge in [-0.2, -0.15) is 26.3 Å². The molecule has 1 amide bonds. The molecule has 3 aromatic rings. The van der Waals surface area contributed by atoms with E-state index in [4.69, 9.17) is 5.11 Å². The third kappa shape index (κ3) is 7.54. The van der Waals surface area contributed by atoms with Gasteiger partial charge < -0.3 is 10.4 Å². The Morgan fingerprint density at radius 1 is 0.976 bits per heavy atom. The number of carboxylic acids is 1. The Morgan fingerprint density at radius 2 is 1.69 bits per heavy atom. The van der Waals surface area contributed by atoms with E-state index >= 15 is 0 Å². The maximum absolute atomic E-state index is 13.8. The van der Waals surface area contributed by atoms with Gasteiger partial charge in [0, 0.05) is 17.5 Å². The second kappa shape index (κ2) is 12.3. The van der Waals surface area contributed by atoms with Crippen molar-refractivity contribution >= 4 is 22.9 Å². The highest BCUT2D eigenvalue weighted by Gasteiger charge is 2.42. The number of aliphatic carboxylic acids is 1. The highest BCUT2D eigenvalue weighted by atomic mass is 19.4. The number of carboxylic acid groups (broad SMARTS) is 1. The van der Waals surface area contributed by atoms with Crippen molar-refractivity contribution in [2.75, 3.05) is 0 Å². The first kappa shape index (κ1) is 30.7. The van der Waals surface area contributed by atoms with Crippen LogP contribution < -0.4 is 5.32 Å². The van der Waals surface area contributed by atoms with Gasteiger partial charge >= 0.3 is 18.3 Å². The molecule has 2 N–H and O–H groups in total. The number of carbonyl (C=O) groups is 2. The smallest absolute Gasteiger partial charge is 0.416 e. The van der Waals surface area contributed by atoms with Crippen molar-refractivity contribution in [3.63, 3.8) is 0 Å². The zero-order valence-electron chi connectivity index (χ0n) is 22.4. The molecule has 0 saturated heterocycles. The number of halogens is 6. The average molecular weight is 592 g/mol. The van der Waals surface area contributed by atoms with Crippen LogP contribution in [0.1, 0.15) is 54.2 Å². The first-order chi connectivity index (χ1) is 19.7. The summed E-state index contributed by atoms with van der Waals surface area (Å²) in [4.78, 5) is 33.2. The molecular formula is C30H27F6N3O3. The number of nitrogens with one attached hydrogen (secondary N) is 1. The normalized spacial score (nSPS) is 15.3. The molecule has 42 heavy (non-hydrogen) atoms. The fraction of sp³-hybridized carbons (Fsp3) is 0.333. The molecule has 0 spiro atoms. The Hall–Kier alpha value is -4.22. The SMILES string of the molecule is CC(CCc1nc2cc(C(=O)NC(C3=CCCC=C3)C(F)(F)F)ccc2nc1-c1ccc(C(F)(F)F)cc1)CC(=O)O. The molecule has 222 valence electrons. The van der Waals surface area contributed by atoms with Crippen molar-refractivity contribution in [1.82, 2.24) is 15.3 Å². The minimum Gasteiger partial charge on any atom is -0.481 e. The third-order valence-corrected chi connectivity index (χ3v) is 6.84. The Kier molecular flexibility index (Phi) is 9.03. The summed E-state index contributed by atoms with van der Waals surface area (Å²) in [6.45, 7) is 1.73. The zero-order valence-corrected chi connectivity index (χ0v) is 22.4. The minimum absolute atomic E-state index is 0.0540. The van der Waals surface area contributed by atoms with Gasteiger partial charge in [0.2, 0.25) is 0 Å². The van der Waals surface area contributed by atoms with Crippen LogP contribution in [0.2, 0.25) is 0 Å². The summed E-state index contributed by atoms with van der Waals surface area (Å²) in [6.07, 6.45) is -3.35. The molecule has 0 bridgehead atoms. The fourth-order valence-electron chi connectivity index (χ4n) is 4.65. The molecular weight excluding hydrogens is 564 g/mol. The number of alkyl halides is 6. The zero-order chi connectivity index (χ0) is 30.7. The van der Waals surface area contributed by atoms with Crippen LogP contribution >= 0.6 is 0 Å².